The van der Waals surface area contributed by atoms with Crippen LogP contribution in [0.4, 0.5) is 5.69 Å². The van der Waals surface area contributed by atoms with Gasteiger partial charge in [0, 0.05) is 30.3 Å². The number of hydrogen-bond donors (Lipinski definition) is 1. The minimum atomic E-state index is -1.59. The first-order chi connectivity index (χ1) is 14.0. The number of carbonyl (C=O) groups is 1. The van der Waals surface area contributed by atoms with E-state index in [1.807, 2.05) is 48.3 Å². The number of hydrogen-bond acceptors (Lipinski definition) is 3. The molecule has 0 bridgehead atoms. The van der Waals surface area contributed by atoms with Gasteiger partial charge < -0.3 is 14.9 Å². The van der Waals surface area contributed by atoms with Gasteiger partial charge in [-0.05, 0) is 48.6 Å². The highest BCUT2D eigenvalue weighted by atomic mass is 35.5. The summed E-state index contributed by atoms with van der Waals surface area (Å²) in [6.45, 7) is 0.527. The van der Waals surface area contributed by atoms with Crippen LogP contribution < -0.4 is 4.90 Å². The third-order valence-corrected chi connectivity index (χ3v) is 7.59. The van der Waals surface area contributed by atoms with E-state index in [1.165, 1.54) is 6.42 Å². The van der Waals surface area contributed by atoms with Crippen LogP contribution in [-0.4, -0.2) is 41.3 Å². The van der Waals surface area contributed by atoms with E-state index in [-0.39, 0.29) is 11.9 Å². The summed E-state index contributed by atoms with van der Waals surface area (Å²) in [6, 6.07) is 16.1. The lowest BCUT2D eigenvalue weighted by molar-refractivity contribution is -0.147. The Kier molecular flexibility index (Phi) is 4.41. The maximum absolute atomic E-state index is 13.8. The number of likely N-dealkylation sites (tertiary alicyclic amines) is 1. The van der Waals surface area contributed by atoms with Crippen molar-refractivity contribution in [2.24, 2.45) is 0 Å². The molecule has 1 amide bonds. The number of anilines is 1. The summed E-state index contributed by atoms with van der Waals surface area (Å²) < 4.78 is 0. The molecule has 5 rings (SSSR count). The van der Waals surface area contributed by atoms with Crippen molar-refractivity contribution in [3.05, 3.63) is 64.7 Å². The summed E-state index contributed by atoms with van der Waals surface area (Å²) in [4.78, 5) is 17.5. The van der Waals surface area contributed by atoms with Crippen LogP contribution in [0.3, 0.4) is 0 Å². The van der Waals surface area contributed by atoms with E-state index in [0.717, 1.165) is 42.5 Å². The second-order valence-corrected chi connectivity index (χ2v) is 9.30. The summed E-state index contributed by atoms with van der Waals surface area (Å²) in [7, 11) is 1.84. The molecule has 1 saturated heterocycles. The lowest BCUT2D eigenvalue weighted by Gasteiger charge is -2.37. The molecule has 1 N–H and O–H groups in total. The predicted molar refractivity (Wildman–Crippen MR) is 115 cm³/mol. The first-order valence-electron chi connectivity index (χ1n) is 10.6. The lowest BCUT2D eigenvalue weighted by atomic mass is 9.71. The smallest absolute Gasteiger partial charge is 0.277 e. The molecule has 3 aliphatic rings. The summed E-state index contributed by atoms with van der Waals surface area (Å²) in [6.07, 6.45) is 6.17. The molecule has 2 aromatic rings. The summed E-state index contributed by atoms with van der Waals surface area (Å²) >= 11 is 6.39. The quantitative estimate of drug-likeness (QED) is 0.827. The van der Waals surface area contributed by atoms with Crippen LogP contribution in [-0.2, 0) is 16.6 Å². The van der Waals surface area contributed by atoms with Crippen molar-refractivity contribution in [3.8, 4) is 0 Å². The third kappa shape index (κ3) is 2.58. The number of amides is 1. The lowest BCUT2D eigenvalue weighted by Crippen LogP contribution is -2.60. The van der Waals surface area contributed by atoms with Gasteiger partial charge in [0.25, 0.3) is 5.91 Å². The molecule has 1 aliphatic carbocycles. The van der Waals surface area contributed by atoms with E-state index in [0.29, 0.717) is 18.0 Å². The highest BCUT2D eigenvalue weighted by Crippen LogP contribution is 2.57. The average Bonchev–Trinajstić information content (AvgIpc) is 3.07. The van der Waals surface area contributed by atoms with Crippen LogP contribution in [0, 0.1) is 0 Å². The molecule has 4 nitrogen and oxygen atoms in total. The largest absolute Gasteiger partial charge is 0.362 e. The number of likely N-dealkylation sites (N-methyl/N-ethyl adjacent to an activating group) is 1. The summed E-state index contributed by atoms with van der Waals surface area (Å²) in [5, 5.41) is 12.7. The van der Waals surface area contributed by atoms with E-state index in [4.69, 9.17) is 11.6 Å². The Morgan fingerprint density at radius 1 is 1.10 bits per heavy atom. The van der Waals surface area contributed by atoms with Crippen molar-refractivity contribution in [1.29, 1.82) is 0 Å². The van der Waals surface area contributed by atoms with E-state index in [1.54, 1.807) is 4.90 Å². The Morgan fingerprint density at radius 3 is 2.55 bits per heavy atom. The fourth-order valence-corrected chi connectivity index (χ4v) is 6.05. The minimum Gasteiger partial charge on any atom is -0.362 e. The van der Waals surface area contributed by atoms with Crippen LogP contribution in [0.1, 0.15) is 43.2 Å². The van der Waals surface area contributed by atoms with E-state index >= 15 is 0 Å². The van der Waals surface area contributed by atoms with Gasteiger partial charge >= 0.3 is 0 Å². The number of halogens is 1. The van der Waals surface area contributed by atoms with E-state index in [9.17, 15) is 9.90 Å². The first kappa shape index (κ1) is 19.0. The van der Waals surface area contributed by atoms with Crippen molar-refractivity contribution in [2.45, 2.75) is 55.7 Å². The Labute approximate surface area is 177 Å². The molecule has 0 aromatic heterocycles. The first-order valence-corrected chi connectivity index (χ1v) is 11.0. The molecule has 152 valence electrons. The van der Waals surface area contributed by atoms with Crippen molar-refractivity contribution in [1.82, 2.24) is 4.90 Å². The van der Waals surface area contributed by atoms with Crippen LogP contribution >= 0.6 is 11.6 Å². The van der Waals surface area contributed by atoms with Gasteiger partial charge in [-0.25, -0.2) is 0 Å². The van der Waals surface area contributed by atoms with Crippen LogP contribution in [0.5, 0.6) is 0 Å². The Bertz CT molecular complexity index is 943. The van der Waals surface area contributed by atoms with Gasteiger partial charge in [-0.1, -0.05) is 61.2 Å². The monoisotopic (exact) mass is 410 g/mol. The standard InChI is InChI=1S/C24H27ClN2O2/c1-26-21-13-12-18(25)14-20(21)23(15-17-8-4-2-5-9-17)16-27(22(28)24(23,26)29)19-10-6-3-7-11-19/h2,4-5,8-9,12-14,19,29H,3,6-7,10-11,15-16H2,1H3/t23-,24+/m0/s1. The molecule has 2 fully saturated rings. The summed E-state index contributed by atoms with van der Waals surface area (Å²) in [5.41, 5.74) is 0.658. The van der Waals surface area contributed by atoms with Gasteiger partial charge in [0.1, 0.15) is 0 Å². The highest BCUT2D eigenvalue weighted by Gasteiger charge is 2.71. The van der Waals surface area contributed by atoms with Crippen LogP contribution in [0.25, 0.3) is 0 Å². The van der Waals surface area contributed by atoms with Crippen LogP contribution in [0.15, 0.2) is 48.5 Å². The molecule has 2 atom stereocenters. The Hall–Kier alpha value is -2.04. The van der Waals surface area contributed by atoms with Gasteiger partial charge in [0.15, 0.2) is 0 Å². The number of nitrogens with zero attached hydrogens (tertiary/aromatic N) is 2. The fourth-order valence-electron chi connectivity index (χ4n) is 5.88. The Morgan fingerprint density at radius 2 is 1.83 bits per heavy atom. The molecular weight excluding hydrogens is 384 g/mol. The number of benzene rings is 2. The minimum absolute atomic E-state index is 0.157. The van der Waals surface area contributed by atoms with Crippen molar-refractivity contribution < 1.29 is 9.90 Å². The topological polar surface area (TPSA) is 43.8 Å². The Balaban J connectivity index is 1.67. The zero-order valence-corrected chi connectivity index (χ0v) is 17.5. The molecule has 2 heterocycles. The molecular formula is C24H27ClN2O2. The zero-order valence-electron chi connectivity index (χ0n) is 16.8. The molecule has 5 heteroatoms. The predicted octanol–water partition coefficient (Wildman–Crippen LogP) is 4.13. The number of aliphatic hydroxyl groups is 1. The molecule has 2 aliphatic heterocycles. The molecule has 1 saturated carbocycles. The second-order valence-electron chi connectivity index (χ2n) is 8.86. The van der Waals surface area contributed by atoms with Gasteiger partial charge in [0.05, 0.1) is 5.41 Å². The van der Waals surface area contributed by atoms with Crippen molar-refractivity contribution in [3.63, 3.8) is 0 Å². The SMILES string of the molecule is CN1c2ccc(Cl)cc2[C@]2(Cc3ccccc3)CN(C3CCCCC3)C(=O)[C@]12O. The fraction of sp³-hybridized carbons (Fsp3) is 0.458. The maximum Gasteiger partial charge on any atom is 0.277 e. The highest BCUT2D eigenvalue weighted by molar-refractivity contribution is 6.30. The molecule has 29 heavy (non-hydrogen) atoms. The van der Waals surface area contributed by atoms with Crippen LogP contribution in [0.2, 0.25) is 5.02 Å². The van der Waals surface area contributed by atoms with Gasteiger partial charge in [-0.15, -0.1) is 0 Å². The normalized spacial score (nSPS) is 29.3. The molecule has 0 spiro atoms. The number of rotatable bonds is 3. The number of carbonyl (C=O) groups excluding carboxylic acids is 1. The van der Waals surface area contributed by atoms with Gasteiger partial charge in [0.2, 0.25) is 5.72 Å². The van der Waals surface area contributed by atoms with E-state index in [2.05, 4.69) is 12.1 Å². The van der Waals surface area contributed by atoms with Crippen molar-refractivity contribution in [2.75, 3.05) is 18.5 Å². The van der Waals surface area contributed by atoms with E-state index < -0.39 is 11.1 Å². The molecule has 0 radical (unpaired) electrons. The number of fused-ring (bicyclic) bond motifs is 3. The third-order valence-electron chi connectivity index (χ3n) is 7.35. The molecule has 0 unspecified atom stereocenters. The second kappa shape index (κ2) is 6.75. The maximum atomic E-state index is 13.8. The average molecular weight is 411 g/mol. The summed E-state index contributed by atoms with van der Waals surface area (Å²) in [5.74, 6) is -0.157. The van der Waals surface area contributed by atoms with Gasteiger partial charge in [-0.3, -0.25) is 4.79 Å². The van der Waals surface area contributed by atoms with Gasteiger partial charge in [-0.2, -0.15) is 0 Å². The zero-order chi connectivity index (χ0) is 20.2. The molecule has 2 aromatic carbocycles. The van der Waals surface area contributed by atoms with Crippen molar-refractivity contribution >= 4 is 23.2 Å².